The Balaban J connectivity index is 3.63. The van der Waals surface area contributed by atoms with Crippen molar-refractivity contribution in [1.29, 1.82) is 0 Å². The Bertz CT molecular complexity index is 322. The molecule has 2 unspecified atom stereocenters. The van der Waals surface area contributed by atoms with Crippen LogP contribution < -0.4 is 0 Å². The maximum Gasteiger partial charge on any atom is 0.361 e. The molecule has 0 spiro atoms. The van der Waals surface area contributed by atoms with E-state index in [1.165, 1.54) is 83.5 Å². The Kier molecular flexibility index (Phi) is 19.1. The van der Waals surface area contributed by atoms with Gasteiger partial charge in [0.2, 0.25) is 0 Å². The van der Waals surface area contributed by atoms with E-state index < -0.39 is 8.56 Å². The van der Waals surface area contributed by atoms with Crippen molar-refractivity contribution in [3.05, 3.63) is 12.3 Å². The minimum absolute atomic E-state index is 0.335. The standard InChI is InChI=1S/C24H50O2Si/c1-6-10-12-13-14-15-16-17-18-19-20-21-23-25-27(5,9-4)26-24(8-3)22-11-7-2/h9,24H,4,6-8,10-23H2,1-3,5H3. The van der Waals surface area contributed by atoms with Crippen molar-refractivity contribution >= 4 is 8.56 Å². The molecule has 162 valence electrons. The molecular formula is C24H50O2Si. The molecule has 0 amide bonds. The van der Waals surface area contributed by atoms with Gasteiger partial charge in [-0.25, -0.2) is 0 Å². The molecule has 0 aliphatic heterocycles. The lowest BCUT2D eigenvalue weighted by molar-refractivity contribution is 0.112. The van der Waals surface area contributed by atoms with Crippen molar-refractivity contribution in [3.63, 3.8) is 0 Å². The maximum absolute atomic E-state index is 6.34. The van der Waals surface area contributed by atoms with Crippen LogP contribution in [0.3, 0.4) is 0 Å². The average molecular weight is 399 g/mol. The van der Waals surface area contributed by atoms with Gasteiger partial charge in [-0.05, 0) is 31.5 Å². The molecule has 0 heterocycles. The molecule has 0 rings (SSSR count). The molecule has 2 atom stereocenters. The van der Waals surface area contributed by atoms with Crippen molar-refractivity contribution in [2.24, 2.45) is 0 Å². The fourth-order valence-electron chi connectivity index (χ4n) is 3.47. The molecule has 27 heavy (non-hydrogen) atoms. The molecule has 0 aliphatic rings. The summed E-state index contributed by atoms with van der Waals surface area (Å²) in [4.78, 5) is 0. The Labute approximate surface area is 172 Å². The predicted octanol–water partition coefficient (Wildman–Crippen LogP) is 8.49. The molecule has 0 aromatic rings. The molecule has 0 fully saturated rings. The molecule has 0 aromatic heterocycles. The first kappa shape index (κ1) is 26.9. The molecular weight excluding hydrogens is 348 g/mol. The van der Waals surface area contributed by atoms with Crippen molar-refractivity contribution in [2.75, 3.05) is 6.61 Å². The third-order valence-electron chi connectivity index (χ3n) is 5.49. The van der Waals surface area contributed by atoms with E-state index in [-0.39, 0.29) is 0 Å². The molecule has 0 bridgehead atoms. The van der Waals surface area contributed by atoms with Gasteiger partial charge < -0.3 is 8.85 Å². The molecule has 0 aliphatic carbocycles. The highest BCUT2D eigenvalue weighted by Crippen LogP contribution is 2.18. The van der Waals surface area contributed by atoms with E-state index in [4.69, 9.17) is 8.85 Å². The first-order valence-corrected chi connectivity index (χ1v) is 14.5. The van der Waals surface area contributed by atoms with Crippen LogP contribution in [0.1, 0.15) is 124 Å². The monoisotopic (exact) mass is 398 g/mol. The summed E-state index contributed by atoms with van der Waals surface area (Å²) in [7, 11) is -2.19. The van der Waals surface area contributed by atoms with Crippen LogP contribution in [0.4, 0.5) is 0 Å². The summed E-state index contributed by atoms with van der Waals surface area (Å²) >= 11 is 0. The highest BCUT2D eigenvalue weighted by molar-refractivity contribution is 6.71. The second kappa shape index (κ2) is 19.2. The lowest BCUT2D eigenvalue weighted by Gasteiger charge is -2.29. The molecule has 0 N–H and O–H groups in total. The summed E-state index contributed by atoms with van der Waals surface area (Å²) in [5.74, 6) is 0. The lowest BCUT2D eigenvalue weighted by Crippen LogP contribution is -2.40. The smallest absolute Gasteiger partial charge is 0.361 e. The van der Waals surface area contributed by atoms with Gasteiger partial charge in [-0.1, -0.05) is 104 Å². The summed E-state index contributed by atoms with van der Waals surface area (Å²) in [5, 5.41) is 0. The van der Waals surface area contributed by atoms with Crippen LogP contribution >= 0.6 is 0 Å². The van der Waals surface area contributed by atoms with Crippen LogP contribution in [0.2, 0.25) is 6.55 Å². The van der Waals surface area contributed by atoms with Crippen molar-refractivity contribution in [1.82, 2.24) is 0 Å². The molecule has 0 saturated carbocycles. The third kappa shape index (κ3) is 16.5. The van der Waals surface area contributed by atoms with Crippen LogP contribution in [-0.2, 0) is 8.85 Å². The van der Waals surface area contributed by atoms with Crippen molar-refractivity contribution in [3.8, 4) is 0 Å². The van der Waals surface area contributed by atoms with Gasteiger partial charge in [-0.2, -0.15) is 0 Å². The highest BCUT2D eigenvalue weighted by atomic mass is 28.4. The van der Waals surface area contributed by atoms with E-state index in [1.807, 2.05) is 5.70 Å². The Morgan fingerprint density at radius 1 is 0.741 bits per heavy atom. The van der Waals surface area contributed by atoms with E-state index in [2.05, 4.69) is 33.9 Å². The van der Waals surface area contributed by atoms with Crippen LogP contribution in [0.5, 0.6) is 0 Å². The first-order valence-electron chi connectivity index (χ1n) is 12.1. The minimum Gasteiger partial charge on any atom is -0.391 e. The average Bonchev–Trinajstić information content (AvgIpc) is 2.68. The SMILES string of the molecule is C=C[Si](C)(OCCCCCCCCCCCCCC)OC(CC)CCCC. The summed E-state index contributed by atoms with van der Waals surface area (Å²) < 4.78 is 12.5. The van der Waals surface area contributed by atoms with Crippen LogP contribution in [-0.4, -0.2) is 21.3 Å². The lowest BCUT2D eigenvalue weighted by atomic mass is 10.1. The van der Waals surface area contributed by atoms with Gasteiger partial charge in [-0.15, -0.1) is 6.58 Å². The third-order valence-corrected chi connectivity index (χ3v) is 7.81. The Hall–Kier alpha value is -0.123. The van der Waals surface area contributed by atoms with E-state index in [0.29, 0.717) is 6.10 Å². The predicted molar refractivity (Wildman–Crippen MR) is 124 cm³/mol. The minimum atomic E-state index is -2.19. The second-order valence-corrected chi connectivity index (χ2v) is 11.2. The normalized spacial score (nSPS) is 14.8. The zero-order chi connectivity index (χ0) is 20.2. The fraction of sp³-hybridized carbons (Fsp3) is 0.917. The molecule has 2 nitrogen and oxygen atoms in total. The van der Waals surface area contributed by atoms with Gasteiger partial charge in [0.1, 0.15) is 0 Å². The van der Waals surface area contributed by atoms with Crippen LogP contribution in [0, 0.1) is 0 Å². The Morgan fingerprint density at radius 2 is 1.22 bits per heavy atom. The molecule has 3 heteroatoms. The van der Waals surface area contributed by atoms with E-state index in [9.17, 15) is 0 Å². The van der Waals surface area contributed by atoms with Gasteiger partial charge in [-0.3, -0.25) is 0 Å². The van der Waals surface area contributed by atoms with Gasteiger partial charge in [0.25, 0.3) is 0 Å². The maximum atomic E-state index is 6.34. The largest absolute Gasteiger partial charge is 0.391 e. The summed E-state index contributed by atoms with van der Waals surface area (Å²) in [6, 6.07) is 0. The second-order valence-electron chi connectivity index (χ2n) is 8.25. The number of rotatable bonds is 21. The molecule has 0 saturated heterocycles. The quantitative estimate of drug-likeness (QED) is 0.142. The molecule has 0 radical (unpaired) electrons. The van der Waals surface area contributed by atoms with E-state index >= 15 is 0 Å². The van der Waals surface area contributed by atoms with Gasteiger partial charge >= 0.3 is 8.56 Å². The van der Waals surface area contributed by atoms with E-state index in [0.717, 1.165) is 25.9 Å². The summed E-state index contributed by atoms with van der Waals surface area (Å²) in [6.45, 7) is 13.7. The highest BCUT2D eigenvalue weighted by Gasteiger charge is 2.30. The van der Waals surface area contributed by atoms with Gasteiger partial charge in [0, 0.05) is 12.7 Å². The van der Waals surface area contributed by atoms with Crippen LogP contribution in [0.15, 0.2) is 12.3 Å². The van der Waals surface area contributed by atoms with E-state index in [1.54, 1.807) is 0 Å². The first-order chi connectivity index (χ1) is 13.1. The zero-order valence-electron chi connectivity index (χ0n) is 19.2. The van der Waals surface area contributed by atoms with Crippen molar-refractivity contribution < 1.29 is 8.85 Å². The molecule has 0 aromatic carbocycles. The fourth-order valence-corrected chi connectivity index (χ4v) is 5.25. The summed E-state index contributed by atoms with van der Waals surface area (Å²) in [6.07, 6.45) is 21.5. The van der Waals surface area contributed by atoms with Gasteiger partial charge in [0.15, 0.2) is 0 Å². The number of hydrogen-bond donors (Lipinski definition) is 0. The number of hydrogen-bond acceptors (Lipinski definition) is 2. The van der Waals surface area contributed by atoms with Crippen molar-refractivity contribution in [2.45, 2.75) is 136 Å². The summed E-state index contributed by atoms with van der Waals surface area (Å²) in [5.41, 5.74) is 1.96. The zero-order valence-corrected chi connectivity index (χ0v) is 20.2. The van der Waals surface area contributed by atoms with Crippen LogP contribution in [0.25, 0.3) is 0 Å². The van der Waals surface area contributed by atoms with Gasteiger partial charge in [0.05, 0.1) is 0 Å². The topological polar surface area (TPSA) is 18.5 Å². The Morgan fingerprint density at radius 3 is 1.67 bits per heavy atom. The number of unbranched alkanes of at least 4 members (excludes halogenated alkanes) is 12.